The fourth-order valence-corrected chi connectivity index (χ4v) is 5.00. The van der Waals surface area contributed by atoms with Gasteiger partial charge < -0.3 is 20.6 Å². The van der Waals surface area contributed by atoms with Crippen LogP contribution in [0.2, 0.25) is 0 Å². The van der Waals surface area contributed by atoms with Gasteiger partial charge in [0.1, 0.15) is 5.82 Å². The van der Waals surface area contributed by atoms with Crippen molar-refractivity contribution in [2.24, 2.45) is 17.1 Å². The maximum absolute atomic E-state index is 12.9. The first-order valence-electron chi connectivity index (χ1n) is 10.1. The number of likely N-dealkylation sites (tertiary alicyclic amines) is 1. The number of carbonyl (C=O) groups excluding carboxylic acids is 2. The number of aromatic nitrogens is 1. The number of primary amides is 1. The van der Waals surface area contributed by atoms with Crippen molar-refractivity contribution in [3.63, 3.8) is 0 Å². The smallest absolute Gasteiger partial charge is 0.252 e. The lowest BCUT2D eigenvalue weighted by atomic mass is 9.71. The molecule has 28 heavy (non-hydrogen) atoms. The minimum atomic E-state index is -0.502. The number of piperidine rings is 2. The summed E-state index contributed by atoms with van der Waals surface area (Å²) in [5.41, 5.74) is 5.54. The summed E-state index contributed by atoms with van der Waals surface area (Å²) in [6.07, 6.45) is 9.28. The number of rotatable bonds is 3. The van der Waals surface area contributed by atoms with E-state index < -0.39 is 17.4 Å². The summed E-state index contributed by atoms with van der Waals surface area (Å²) in [7, 11) is 0. The predicted octanol–water partition coefficient (Wildman–Crippen LogP) is 1.33. The Morgan fingerprint density at radius 2 is 2.00 bits per heavy atom. The van der Waals surface area contributed by atoms with Crippen LogP contribution in [0.15, 0.2) is 30.5 Å². The van der Waals surface area contributed by atoms with E-state index in [9.17, 15) is 14.7 Å². The van der Waals surface area contributed by atoms with Gasteiger partial charge in [0.05, 0.1) is 11.7 Å². The molecule has 1 spiro atoms. The Hall–Kier alpha value is -2.41. The van der Waals surface area contributed by atoms with Crippen LogP contribution < -0.4 is 10.6 Å². The molecule has 2 aliphatic heterocycles. The number of hydrogen-bond donors (Lipinski definition) is 2. The molecule has 0 unspecified atom stereocenters. The molecule has 1 aromatic rings. The fraction of sp³-hybridized carbons (Fsp3) is 0.571. The maximum atomic E-state index is 12.9. The van der Waals surface area contributed by atoms with Gasteiger partial charge in [-0.2, -0.15) is 0 Å². The summed E-state index contributed by atoms with van der Waals surface area (Å²) in [5.74, 6) is 0.315. The van der Waals surface area contributed by atoms with Crippen molar-refractivity contribution in [1.82, 2.24) is 9.88 Å². The van der Waals surface area contributed by atoms with E-state index in [0.717, 1.165) is 32.2 Å². The number of aliphatic hydroxyl groups excluding tert-OH is 1. The van der Waals surface area contributed by atoms with E-state index in [0.29, 0.717) is 37.4 Å². The van der Waals surface area contributed by atoms with Gasteiger partial charge in [-0.25, -0.2) is 4.98 Å². The normalized spacial score (nSPS) is 28.1. The van der Waals surface area contributed by atoms with Crippen LogP contribution in [0.5, 0.6) is 0 Å². The number of nitrogens with zero attached hydrogens (tertiary/aromatic N) is 3. The number of anilines is 1. The van der Waals surface area contributed by atoms with Crippen LogP contribution in [-0.2, 0) is 4.79 Å². The number of hydrogen-bond acceptors (Lipinski definition) is 5. The number of carbonyl (C=O) groups is 2. The van der Waals surface area contributed by atoms with Crippen LogP contribution >= 0.6 is 0 Å². The van der Waals surface area contributed by atoms with Gasteiger partial charge in [-0.1, -0.05) is 12.2 Å². The van der Waals surface area contributed by atoms with E-state index in [1.165, 1.54) is 0 Å². The van der Waals surface area contributed by atoms with Crippen LogP contribution in [-0.4, -0.2) is 59.1 Å². The Kier molecular flexibility index (Phi) is 5.10. The SMILES string of the molecule is NC(=O)c1cccnc1N1CC[C@@H](O)[C@]2(CCCN(C(=O)C3CC=CC3)C2)C1. The van der Waals surface area contributed by atoms with Crippen LogP contribution in [0.25, 0.3) is 0 Å². The van der Waals surface area contributed by atoms with Crippen molar-refractivity contribution in [1.29, 1.82) is 0 Å². The van der Waals surface area contributed by atoms with Gasteiger partial charge in [0, 0.05) is 43.7 Å². The first kappa shape index (κ1) is 18.9. The van der Waals surface area contributed by atoms with Crippen molar-refractivity contribution in [3.8, 4) is 0 Å². The van der Waals surface area contributed by atoms with E-state index in [1.807, 2.05) is 4.90 Å². The lowest BCUT2D eigenvalue weighted by Crippen LogP contribution is -2.60. The molecular weight excluding hydrogens is 356 g/mol. The Balaban J connectivity index is 1.56. The molecule has 0 saturated carbocycles. The Morgan fingerprint density at radius 1 is 1.21 bits per heavy atom. The highest BCUT2D eigenvalue weighted by molar-refractivity contribution is 5.97. The van der Waals surface area contributed by atoms with Crippen molar-refractivity contribution >= 4 is 17.6 Å². The Morgan fingerprint density at radius 3 is 2.75 bits per heavy atom. The molecule has 2 amide bonds. The number of pyridine rings is 1. The molecule has 2 saturated heterocycles. The van der Waals surface area contributed by atoms with Crippen LogP contribution in [0.1, 0.15) is 42.5 Å². The minimum Gasteiger partial charge on any atom is -0.392 e. The molecular formula is C21H28N4O3. The average Bonchev–Trinajstić information content (AvgIpc) is 3.24. The van der Waals surface area contributed by atoms with Crippen LogP contribution in [0.4, 0.5) is 5.82 Å². The summed E-state index contributed by atoms with van der Waals surface area (Å²) < 4.78 is 0. The minimum absolute atomic E-state index is 0.0456. The topological polar surface area (TPSA) is 99.8 Å². The lowest BCUT2D eigenvalue weighted by molar-refractivity contribution is -0.141. The molecule has 7 nitrogen and oxygen atoms in total. The Labute approximate surface area is 165 Å². The summed E-state index contributed by atoms with van der Waals surface area (Å²) in [5, 5.41) is 10.9. The Bertz CT molecular complexity index is 788. The van der Waals surface area contributed by atoms with Crippen molar-refractivity contribution in [2.45, 2.75) is 38.2 Å². The zero-order valence-electron chi connectivity index (χ0n) is 16.1. The van der Waals surface area contributed by atoms with Crippen molar-refractivity contribution in [2.75, 3.05) is 31.1 Å². The third kappa shape index (κ3) is 3.39. The summed E-state index contributed by atoms with van der Waals surface area (Å²) in [6, 6.07) is 3.39. The highest BCUT2D eigenvalue weighted by atomic mass is 16.3. The van der Waals surface area contributed by atoms with Gasteiger partial charge in [-0.3, -0.25) is 9.59 Å². The van der Waals surface area contributed by atoms with Gasteiger partial charge >= 0.3 is 0 Å². The molecule has 2 fully saturated rings. The molecule has 7 heteroatoms. The fourth-order valence-electron chi connectivity index (χ4n) is 5.00. The van der Waals surface area contributed by atoms with E-state index >= 15 is 0 Å². The van der Waals surface area contributed by atoms with Crippen LogP contribution in [0, 0.1) is 11.3 Å². The molecule has 150 valence electrons. The van der Waals surface area contributed by atoms with E-state index in [4.69, 9.17) is 5.73 Å². The molecule has 0 aromatic carbocycles. The van der Waals surface area contributed by atoms with E-state index in [2.05, 4.69) is 22.0 Å². The monoisotopic (exact) mass is 384 g/mol. The van der Waals surface area contributed by atoms with Gasteiger partial charge in [0.25, 0.3) is 5.91 Å². The van der Waals surface area contributed by atoms with Crippen molar-refractivity contribution in [3.05, 3.63) is 36.0 Å². The van der Waals surface area contributed by atoms with Gasteiger partial charge in [0.15, 0.2) is 0 Å². The molecule has 0 radical (unpaired) electrons. The third-order valence-corrected chi connectivity index (χ3v) is 6.51. The standard InChI is InChI=1S/C21H28N4O3/c22-18(27)16-7-3-10-23-19(16)24-12-8-17(26)21(13-24)9-4-11-25(14-21)20(28)15-5-1-2-6-15/h1-3,7,10,15,17,26H,4-6,8-9,11-14H2,(H2,22,27)/t17-,21-/m1/s1. The second-order valence-electron chi connectivity index (χ2n) is 8.33. The first-order chi connectivity index (χ1) is 13.5. The van der Waals surface area contributed by atoms with E-state index in [-0.39, 0.29) is 11.8 Å². The average molecular weight is 384 g/mol. The number of amides is 2. The quantitative estimate of drug-likeness (QED) is 0.766. The van der Waals surface area contributed by atoms with Gasteiger partial charge in [-0.15, -0.1) is 0 Å². The molecule has 3 N–H and O–H groups in total. The summed E-state index contributed by atoms with van der Waals surface area (Å²) >= 11 is 0. The van der Waals surface area contributed by atoms with Crippen molar-refractivity contribution < 1.29 is 14.7 Å². The van der Waals surface area contributed by atoms with Crippen LogP contribution in [0.3, 0.4) is 0 Å². The second-order valence-corrected chi connectivity index (χ2v) is 8.33. The summed E-state index contributed by atoms with van der Waals surface area (Å²) in [4.78, 5) is 33.2. The molecule has 3 aliphatic rings. The molecule has 2 atom stereocenters. The third-order valence-electron chi connectivity index (χ3n) is 6.51. The largest absolute Gasteiger partial charge is 0.392 e. The number of allylic oxidation sites excluding steroid dienone is 2. The number of nitrogens with two attached hydrogens (primary N) is 1. The molecule has 0 bridgehead atoms. The van der Waals surface area contributed by atoms with Gasteiger partial charge in [0.2, 0.25) is 5.91 Å². The molecule has 4 rings (SSSR count). The van der Waals surface area contributed by atoms with E-state index in [1.54, 1.807) is 18.3 Å². The second kappa shape index (κ2) is 7.54. The lowest BCUT2D eigenvalue weighted by Gasteiger charge is -2.51. The predicted molar refractivity (Wildman–Crippen MR) is 106 cm³/mol. The highest BCUT2D eigenvalue weighted by Crippen LogP contribution is 2.41. The zero-order valence-corrected chi connectivity index (χ0v) is 16.1. The zero-order chi connectivity index (χ0) is 19.7. The molecule has 1 aliphatic carbocycles. The molecule has 3 heterocycles. The summed E-state index contributed by atoms with van der Waals surface area (Å²) in [6.45, 7) is 2.48. The maximum Gasteiger partial charge on any atom is 0.252 e. The first-order valence-corrected chi connectivity index (χ1v) is 10.1. The highest BCUT2D eigenvalue weighted by Gasteiger charge is 2.47. The molecule has 1 aromatic heterocycles. The number of aliphatic hydroxyl groups is 1. The van der Waals surface area contributed by atoms with Gasteiger partial charge in [-0.05, 0) is 44.2 Å².